The minimum absolute atomic E-state index is 0.0331. The molecule has 0 radical (unpaired) electrons. The normalized spacial score (nSPS) is 13.4. The van der Waals surface area contributed by atoms with Gasteiger partial charge >= 0.3 is 0 Å². The molecule has 0 saturated carbocycles. The van der Waals surface area contributed by atoms with Crippen LogP contribution in [0.25, 0.3) is 0 Å². The van der Waals surface area contributed by atoms with Gasteiger partial charge in [-0.05, 0) is 38.1 Å². The summed E-state index contributed by atoms with van der Waals surface area (Å²) >= 11 is 0. The van der Waals surface area contributed by atoms with Gasteiger partial charge < -0.3 is 20.1 Å². The van der Waals surface area contributed by atoms with Crippen molar-refractivity contribution in [3.05, 3.63) is 23.8 Å². The Labute approximate surface area is 127 Å². The topological polar surface area (TPSA) is 59.6 Å². The summed E-state index contributed by atoms with van der Waals surface area (Å²) in [4.78, 5) is 12.0. The highest BCUT2D eigenvalue weighted by Crippen LogP contribution is 2.29. The van der Waals surface area contributed by atoms with Gasteiger partial charge in [0.15, 0.2) is 11.5 Å². The summed E-state index contributed by atoms with van der Waals surface area (Å²) in [6, 6.07) is 5.76. The quantitative estimate of drug-likeness (QED) is 0.772. The van der Waals surface area contributed by atoms with Crippen molar-refractivity contribution in [3.63, 3.8) is 0 Å². The van der Waals surface area contributed by atoms with E-state index in [1.54, 1.807) is 14.2 Å². The molecule has 0 aromatic heterocycles. The highest BCUT2D eigenvalue weighted by Gasteiger charge is 2.14. The van der Waals surface area contributed by atoms with Crippen LogP contribution in [0, 0.1) is 0 Å². The fourth-order valence-corrected chi connectivity index (χ4v) is 2.20. The smallest absolute Gasteiger partial charge is 0.222 e. The van der Waals surface area contributed by atoms with Crippen molar-refractivity contribution >= 4 is 5.91 Å². The van der Waals surface area contributed by atoms with Crippen LogP contribution in [0.2, 0.25) is 0 Å². The highest BCUT2D eigenvalue weighted by atomic mass is 16.5. The molecule has 0 aliphatic heterocycles. The first kappa shape index (κ1) is 17.3. The Hall–Kier alpha value is -1.75. The van der Waals surface area contributed by atoms with Gasteiger partial charge in [0.1, 0.15) is 0 Å². The SMILES string of the molecule is CCNC(C)CC(=O)NC(C)c1ccc(OC)c(OC)c1. The molecule has 1 rings (SSSR count). The fraction of sp³-hybridized carbons (Fsp3) is 0.562. The minimum Gasteiger partial charge on any atom is -0.493 e. The predicted molar refractivity (Wildman–Crippen MR) is 83.9 cm³/mol. The van der Waals surface area contributed by atoms with Gasteiger partial charge in [-0.15, -0.1) is 0 Å². The van der Waals surface area contributed by atoms with Crippen LogP contribution in [-0.2, 0) is 4.79 Å². The van der Waals surface area contributed by atoms with Crippen LogP contribution < -0.4 is 20.1 Å². The molecule has 118 valence electrons. The fourth-order valence-electron chi connectivity index (χ4n) is 2.20. The van der Waals surface area contributed by atoms with Crippen molar-refractivity contribution in [2.75, 3.05) is 20.8 Å². The van der Waals surface area contributed by atoms with Gasteiger partial charge in [-0.2, -0.15) is 0 Å². The first-order chi connectivity index (χ1) is 10.0. The molecule has 1 amide bonds. The number of amides is 1. The average molecular weight is 294 g/mol. The summed E-state index contributed by atoms with van der Waals surface area (Å²) in [5.74, 6) is 1.38. The van der Waals surface area contributed by atoms with Gasteiger partial charge in [-0.1, -0.05) is 13.0 Å². The molecule has 2 unspecified atom stereocenters. The maximum atomic E-state index is 12.0. The lowest BCUT2D eigenvalue weighted by molar-refractivity contribution is -0.122. The number of nitrogens with one attached hydrogen (secondary N) is 2. The summed E-state index contributed by atoms with van der Waals surface area (Å²) in [5, 5.41) is 6.22. The van der Waals surface area contributed by atoms with Gasteiger partial charge in [0.2, 0.25) is 5.91 Å². The van der Waals surface area contributed by atoms with E-state index in [1.807, 2.05) is 39.0 Å². The summed E-state index contributed by atoms with van der Waals surface area (Å²) in [6.45, 7) is 6.85. The third kappa shape index (κ3) is 5.27. The number of carbonyl (C=O) groups excluding carboxylic acids is 1. The maximum Gasteiger partial charge on any atom is 0.222 e. The molecule has 2 N–H and O–H groups in total. The van der Waals surface area contributed by atoms with E-state index >= 15 is 0 Å². The lowest BCUT2D eigenvalue weighted by atomic mass is 10.1. The molecule has 1 aromatic rings. The first-order valence-corrected chi connectivity index (χ1v) is 7.26. The van der Waals surface area contributed by atoms with E-state index in [4.69, 9.17) is 9.47 Å². The van der Waals surface area contributed by atoms with E-state index in [0.717, 1.165) is 12.1 Å². The molecule has 2 atom stereocenters. The number of hydrogen-bond donors (Lipinski definition) is 2. The van der Waals surface area contributed by atoms with Gasteiger partial charge in [-0.3, -0.25) is 4.79 Å². The summed E-state index contributed by atoms with van der Waals surface area (Å²) in [6.07, 6.45) is 0.464. The van der Waals surface area contributed by atoms with Crippen molar-refractivity contribution in [1.29, 1.82) is 0 Å². The molecule has 0 fully saturated rings. The summed E-state index contributed by atoms with van der Waals surface area (Å²) in [5.41, 5.74) is 0.983. The van der Waals surface area contributed by atoms with Crippen LogP contribution >= 0.6 is 0 Å². The van der Waals surface area contributed by atoms with Crippen LogP contribution in [0.5, 0.6) is 11.5 Å². The Morgan fingerprint density at radius 3 is 2.43 bits per heavy atom. The molecule has 5 heteroatoms. The molecule has 21 heavy (non-hydrogen) atoms. The van der Waals surface area contributed by atoms with E-state index in [2.05, 4.69) is 10.6 Å². The second-order valence-electron chi connectivity index (χ2n) is 5.07. The van der Waals surface area contributed by atoms with Crippen molar-refractivity contribution in [3.8, 4) is 11.5 Å². The lowest BCUT2D eigenvalue weighted by Crippen LogP contribution is -2.34. The summed E-state index contributed by atoms with van der Waals surface area (Å²) < 4.78 is 10.5. The van der Waals surface area contributed by atoms with Crippen LogP contribution in [0.3, 0.4) is 0 Å². The Morgan fingerprint density at radius 1 is 1.19 bits per heavy atom. The van der Waals surface area contributed by atoms with E-state index in [1.165, 1.54) is 0 Å². The predicted octanol–water partition coefficient (Wildman–Crippen LogP) is 2.27. The van der Waals surface area contributed by atoms with Crippen molar-refractivity contribution in [1.82, 2.24) is 10.6 Å². The molecule has 0 spiro atoms. The van der Waals surface area contributed by atoms with Crippen LogP contribution in [0.15, 0.2) is 18.2 Å². The lowest BCUT2D eigenvalue weighted by Gasteiger charge is -2.18. The zero-order valence-corrected chi connectivity index (χ0v) is 13.5. The van der Waals surface area contributed by atoms with E-state index in [-0.39, 0.29) is 18.0 Å². The van der Waals surface area contributed by atoms with Gasteiger partial charge in [0.05, 0.1) is 20.3 Å². The molecule has 1 aromatic carbocycles. The number of methoxy groups -OCH3 is 2. The van der Waals surface area contributed by atoms with Crippen LogP contribution in [0.4, 0.5) is 0 Å². The minimum atomic E-state index is -0.0777. The van der Waals surface area contributed by atoms with Crippen LogP contribution in [0.1, 0.15) is 38.8 Å². The van der Waals surface area contributed by atoms with Crippen molar-refractivity contribution in [2.45, 2.75) is 39.3 Å². The van der Waals surface area contributed by atoms with Crippen LogP contribution in [-0.4, -0.2) is 32.7 Å². The number of hydrogen-bond acceptors (Lipinski definition) is 4. The number of rotatable bonds is 8. The maximum absolute atomic E-state index is 12.0. The van der Waals surface area contributed by atoms with Crippen molar-refractivity contribution in [2.24, 2.45) is 0 Å². The second kappa shape index (κ2) is 8.52. The Kier molecular flexibility index (Phi) is 7.02. The standard InChI is InChI=1S/C16H26N2O3/c1-6-17-11(2)9-16(19)18-12(3)13-7-8-14(20-4)15(10-13)21-5/h7-8,10-12,17H,6,9H2,1-5H3,(H,18,19). The number of carbonyl (C=O) groups is 1. The van der Waals surface area contributed by atoms with E-state index in [9.17, 15) is 4.79 Å². The Balaban J connectivity index is 2.66. The molecular formula is C16H26N2O3. The third-order valence-corrected chi connectivity index (χ3v) is 3.33. The number of ether oxygens (including phenoxy) is 2. The molecule has 5 nitrogen and oxygen atoms in total. The molecule has 0 heterocycles. The van der Waals surface area contributed by atoms with E-state index < -0.39 is 0 Å². The van der Waals surface area contributed by atoms with E-state index in [0.29, 0.717) is 17.9 Å². The molecule has 0 saturated heterocycles. The first-order valence-electron chi connectivity index (χ1n) is 7.26. The Bertz CT molecular complexity index is 463. The highest BCUT2D eigenvalue weighted by molar-refractivity contribution is 5.77. The summed E-state index contributed by atoms with van der Waals surface area (Å²) in [7, 11) is 3.20. The monoisotopic (exact) mass is 294 g/mol. The average Bonchev–Trinajstić information content (AvgIpc) is 2.46. The van der Waals surface area contributed by atoms with Gasteiger partial charge in [0, 0.05) is 12.5 Å². The molecule has 0 aliphatic carbocycles. The number of benzene rings is 1. The molecule has 0 aliphatic rings. The van der Waals surface area contributed by atoms with Gasteiger partial charge in [-0.25, -0.2) is 0 Å². The van der Waals surface area contributed by atoms with Gasteiger partial charge in [0.25, 0.3) is 0 Å². The molecule has 0 bridgehead atoms. The third-order valence-electron chi connectivity index (χ3n) is 3.33. The Morgan fingerprint density at radius 2 is 1.86 bits per heavy atom. The largest absolute Gasteiger partial charge is 0.493 e. The zero-order valence-electron chi connectivity index (χ0n) is 13.5. The second-order valence-corrected chi connectivity index (χ2v) is 5.07. The zero-order chi connectivity index (χ0) is 15.8. The van der Waals surface area contributed by atoms with Crippen molar-refractivity contribution < 1.29 is 14.3 Å². The molecular weight excluding hydrogens is 268 g/mol.